The van der Waals surface area contributed by atoms with Gasteiger partial charge in [-0.3, -0.25) is 0 Å². The van der Waals surface area contributed by atoms with E-state index in [9.17, 15) is 0 Å². The molecule has 0 saturated heterocycles. The Kier molecular flexibility index (Phi) is 4.94. The van der Waals surface area contributed by atoms with Crippen LogP contribution in [0.4, 0.5) is 0 Å². The van der Waals surface area contributed by atoms with E-state index in [1.807, 2.05) is 0 Å². The van der Waals surface area contributed by atoms with Crippen molar-refractivity contribution in [1.82, 2.24) is 4.90 Å². The van der Waals surface area contributed by atoms with Crippen molar-refractivity contribution >= 4 is 43.2 Å². The lowest BCUT2D eigenvalue weighted by Crippen LogP contribution is -2.23. The van der Waals surface area contributed by atoms with Gasteiger partial charge in [0.2, 0.25) is 0 Å². The molecule has 0 radical (unpaired) electrons. The Bertz CT molecular complexity index is 260. The van der Waals surface area contributed by atoms with E-state index in [-0.39, 0.29) is 0 Å². The van der Waals surface area contributed by atoms with Crippen molar-refractivity contribution in [2.75, 3.05) is 13.6 Å². The highest BCUT2D eigenvalue weighted by Gasteiger charge is 2.05. The maximum atomic E-state index is 3.55. The molecule has 1 aromatic heterocycles. The summed E-state index contributed by atoms with van der Waals surface area (Å²) in [6.07, 6.45) is 0. The standard InChI is InChI=1S/C9H13Br2NS/c1-7(10)4-12(2)5-9-3-8(11)6-13-9/h3,6-7H,4-5H2,1-2H3. The molecule has 1 unspecified atom stereocenters. The summed E-state index contributed by atoms with van der Waals surface area (Å²) in [7, 11) is 2.14. The molecule has 0 aromatic carbocycles. The largest absolute Gasteiger partial charge is 0.300 e. The third-order valence-corrected chi connectivity index (χ3v) is 3.58. The summed E-state index contributed by atoms with van der Waals surface area (Å²) in [6.45, 7) is 4.28. The first-order valence-corrected chi connectivity index (χ1v) is 6.72. The second-order valence-electron chi connectivity index (χ2n) is 3.21. The maximum Gasteiger partial charge on any atom is 0.0325 e. The van der Waals surface area contributed by atoms with E-state index < -0.39 is 0 Å². The summed E-state index contributed by atoms with van der Waals surface area (Å²) in [5.74, 6) is 0. The molecule has 0 fully saturated rings. The Labute approximate surface area is 100 Å². The Morgan fingerprint density at radius 2 is 2.31 bits per heavy atom. The number of nitrogens with zero attached hydrogens (tertiary/aromatic N) is 1. The van der Waals surface area contributed by atoms with Crippen LogP contribution in [0.1, 0.15) is 11.8 Å². The van der Waals surface area contributed by atoms with Gasteiger partial charge in [-0.25, -0.2) is 0 Å². The van der Waals surface area contributed by atoms with Crippen molar-refractivity contribution in [2.45, 2.75) is 18.3 Å². The monoisotopic (exact) mass is 325 g/mol. The molecule has 0 N–H and O–H groups in total. The first-order chi connectivity index (χ1) is 6.08. The van der Waals surface area contributed by atoms with Crippen LogP contribution < -0.4 is 0 Å². The van der Waals surface area contributed by atoms with Gasteiger partial charge in [0.1, 0.15) is 0 Å². The fraction of sp³-hybridized carbons (Fsp3) is 0.556. The Morgan fingerprint density at radius 3 is 2.77 bits per heavy atom. The average Bonchev–Trinajstić information content (AvgIpc) is 2.33. The molecule has 74 valence electrons. The molecule has 0 aliphatic heterocycles. The van der Waals surface area contributed by atoms with Gasteiger partial charge in [0.15, 0.2) is 0 Å². The van der Waals surface area contributed by atoms with Gasteiger partial charge in [0.05, 0.1) is 0 Å². The zero-order valence-electron chi connectivity index (χ0n) is 7.76. The lowest BCUT2D eigenvalue weighted by Gasteiger charge is -2.16. The van der Waals surface area contributed by atoms with Crippen LogP contribution in [0.2, 0.25) is 0 Å². The van der Waals surface area contributed by atoms with Crippen molar-refractivity contribution in [3.8, 4) is 0 Å². The highest BCUT2D eigenvalue weighted by molar-refractivity contribution is 9.10. The van der Waals surface area contributed by atoms with Crippen molar-refractivity contribution in [2.24, 2.45) is 0 Å². The molecule has 0 amide bonds. The highest BCUT2D eigenvalue weighted by atomic mass is 79.9. The Morgan fingerprint density at radius 1 is 1.62 bits per heavy atom. The van der Waals surface area contributed by atoms with Crippen molar-refractivity contribution in [1.29, 1.82) is 0 Å². The second kappa shape index (κ2) is 5.49. The minimum Gasteiger partial charge on any atom is -0.300 e. The minimum absolute atomic E-state index is 0.556. The maximum absolute atomic E-state index is 3.55. The zero-order chi connectivity index (χ0) is 9.84. The summed E-state index contributed by atoms with van der Waals surface area (Å²) in [5.41, 5.74) is 0. The van der Waals surface area contributed by atoms with Crippen molar-refractivity contribution < 1.29 is 0 Å². The van der Waals surface area contributed by atoms with E-state index in [2.05, 4.69) is 62.2 Å². The van der Waals surface area contributed by atoms with Crippen LogP contribution in [0.5, 0.6) is 0 Å². The van der Waals surface area contributed by atoms with E-state index in [1.165, 1.54) is 9.35 Å². The predicted molar refractivity (Wildman–Crippen MR) is 66.7 cm³/mol. The van der Waals surface area contributed by atoms with Gasteiger partial charge in [0.25, 0.3) is 0 Å². The van der Waals surface area contributed by atoms with Gasteiger partial charge in [0, 0.05) is 32.6 Å². The van der Waals surface area contributed by atoms with Crippen molar-refractivity contribution in [3.63, 3.8) is 0 Å². The fourth-order valence-electron chi connectivity index (χ4n) is 1.20. The zero-order valence-corrected chi connectivity index (χ0v) is 11.7. The highest BCUT2D eigenvalue weighted by Crippen LogP contribution is 2.20. The van der Waals surface area contributed by atoms with Crippen molar-refractivity contribution in [3.05, 3.63) is 20.8 Å². The average molecular weight is 327 g/mol. The predicted octanol–water partition coefficient (Wildman–Crippen LogP) is 3.73. The molecule has 1 rings (SSSR count). The molecule has 0 aliphatic rings. The van der Waals surface area contributed by atoms with Gasteiger partial charge in [-0.1, -0.05) is 22.9 Å². The Balaban J connectivity index is 2.40. The van der Waals surface area contributed by atoms with Gasteiger partial charge in [-0.2, -0.15) is 0 Å². The van der Waals surface area contributed by atoms with Crippen LogP contribution in [0, 0.1) is 0 Å². The van der Waals surface area contributed by atoms with Gasteiger partial charge >= 0.3 is 0 Å². The second-order valence-corrected chi connectivity index (χ2v) is 6.68. The molecule has 13 heavy (non-hydrogen) atoms. The van der Waals surface area contributed by atoms with E-state index >= 15 is 0 Å². The molecular weight excluding hydrogens is 314 g/mol. The third-order valence-electron chi connectivity index (χ3n) is 1.61. The SMILES string of the molecule is CC(Br)CN(C)Cc1cc(Br)cs1. The molecule has 1 nitrogen and oxygen atoms in total. The number of thiophene rings is 1. The van der Waals surface area contributed by atoms with Gasteiger partial charge in [-0.15, -0.1) is 11.3 Å². The summed E-state index contributed by atoms with van der Waals surface area (Å²) in [4.78, 5) is 4.28. The molecular formula is C9H13Br2NS. The topological polar surface area (TPSA) is 3.24 Å². The molecule has 0 saturated carbocycles. The normalized spacial score (nSPS) is 13.6. The van der Waals surface area contributed by atoms with Crippen LogP contribution in [-0.4, -0.2) is 23.3 Å². The van der Waals surface area contributed by atoms with Crippen LogP contribution >= 0.6 is 43.2 Å². The Hall–Kier alpha value is 0.620. The van der Waals surface area contributed by atoms with Crippen LogP contribution in [-0.2, 0) is 6.54 Å². The molecule has 1 heterocycles. The van der Waals surface area contributed by atoms with Gasteiger partial charge < -0.3 is 4.90 Å². The minimum atomic E-state index is 0.556. The quantitative estimate of drug-likeness (QED) is 0.762. The summed E-state index contributed by atoms with van der Waals surface area (Å²) in [6, 6.07) is 2.18. The summed E-state index contributed by atoms with van der Waals surface area (Å²) >= 11 is 8.80. The molecule has 0 bridgehead atoms. The lowest BCUT2D eigenvalue weighted by atomic mass is 10.4. The first kappa shape index (κ1) is 11.7. The van der Waals surface area contributed by atoms with Gasteiger partial charge in [-0.05, 0) is 29.0 Å². The molecule has 0 aliphatic carbocycles. The van der Waals surface area contributed by atoms with Crippen LogP contribution in [0.15, 0.2) is 15.9 Å². The van der Waals surface area contributed by atoms with Crippen LogP contribution in [0.3, 0.4) is 0 Å². The molecule has 1 aromatic rings. The lowest BCUT2D eigenvalue weighted by molar-refractivity contribution is 0.336. The van der Waals surface area contributed by atoms with E-state index in [0.717, 1.165) is 13.1 Å². The first-order valence-electron chi connectivity index (χ1n) is 4.13. The van der Waals surface area contributed by atoms with Crippen LogP contribution in [0.25, 0.3) is 0 Å². The number of rotatable bonds is 4. The van der Waals surface area contributed by atoms with E-state index in [0.29, 0.717) is 4.83 Å². The molecule has 4 heteroatoms. The fourth-order valence-corrected chi connectivity index (χ4v) is 3.22. The number of hydrogen-bond donors (Lipinski definition) is 0. The number of halogens is 2. The number of hydrogen-bond acceptors (Lipinski definition) is 2. The third kappa shape index (κ3) is 4.58. The number of alkyl halides is 1. The molecule has 1 atom stereocenters. The smallest absolute Gasteiger partial charge is 0.0325 e. The summed E-state index contributed by atoms with van der Waals surface area (Å²) in [5, 5.41) is 2.13. The van der Waals surface area contributed by atoms with E-state index in [4.69, 9.17) is 0 Å². The summed E-state index contributed by atoms with van der Waals surface area (Å²) < 4.78 is 1.19. The van der Waals surface area contributed by atoms with E-state index in [1.54, 1.807) is 11.3 Å². The molecule has 0 spiro atoms.